The van der Waals surface area contributed by atoms with Crippen molar-refractivity contribution < 1.29 is 17.4 Å². The van der Waals surface area contributed by atoms with Crippen molar-refractivity contribution >= 4 is 37.6 Å². The number of halogens is 1. The lowest BCUT2D eigenvalue weighted by Crippen LogP contribution is -2.23. The van der Waals surface area contributed by atoms with E-state index in [4.69, 9.17) is 4.18 Å². The molecule has 0 unspecified atom stereocenters. The zero-order valence-corrected chi connectivity index (χ0v) is 14.5. The SMILES string of the molecule is O=C1CCCN1c1ccc(OS(=O)(=O)c2ccccc2Br)cc1. The first-order chi connectivity index (χ1) is 11.0. The van der Waals surface area contributed by atoms with Gasteiger partial charge in [-0.2, -0.15) is 8.42 Å². The van der Waals surface area contributed by atoms with Gasteiger partial charge in [-0.1, -0.05) is 12.1 Å². The van der Waals surface area contributed by atoms with Gasteiger partial charge in [0, 0.05) is 23.1 Å². The molecule has 3 rings (SSSR count). The van der Waals surface area contributed by atoms with E-state index in [0.29, 0.717) is 17.4 Å². The molecule has 0 atom stereocenters. The third kappa shape index (κ3) is 3.40. The number of carbonyl (C=O) groups is 1. The van der Waals surface area contributed by atoms with Crippen LogP contribution in [0.4, 0.5) is 5.69 Å². The quantitative estimate of drug-likeness (QED) is 0.744. The predicted molar refractivity (Wildman–Crippen MR) is 90.0 cm³/mol. The maximum absolute atomic E-state index is 12.3. The van der Waals surface area contributed by atoms with E-state index < -0.39 is 10.1 Å². The molecule has 1 heterocycles. The van der Waals surface area contributed by atoms with Gasteiger partial charge in [-0.15, -0.1) is 0 Å². The Balaban J connectivity index is 1.81. The fourth-order valence-corrected chi connectivity index (χ4v) is 4.31. The molecule has 0 saturated carbocycles. The lowest BCUT2D eigenvalue weighted by atomic mass is 10.3. The summed E-state index contributed by atoms with van der Waals surface area (Å²) >= 11 is 3.21. The average molecular weight is 396 g/mol. The molecule has 5 nitrogen and oxygen atoms in total. The van der Waals surface area contributed by atoms with E-state index in [1.165, 1.54) is 6.07 Å². The highest BCUT2D eigenvalue weighted by Crippen LogP contribution is 2.27. The van der Waals surface area contributed by atoms with Crippen molar-refractivity contribution in [1.82, 2.24) is 0 Å². The second-order valence-electron chi connectivity index (χ2n) is 5.11. The molecule has 1 aliphatic heterocycles. The van der Waals surface area contributed by atoms with Crippen LogP contribution in [0.5, 0.6) is 5.75 Å². The minimum atomic E-state index is -3.91. The second-order valence-corrected chi connectivity index (χ2v) is 7.48. The number of carbonyl (C=O) groups excluding carboxylic acids is 1. The summed E-state index contributed by atoms with van der Waals surface area (Å²) in [6, 6.07) is 12.9. The Kier molecular flexibility index (Phi) is 4.41. The summed E-state index contributed by atoms with van der Waals surface area (Å²) < 4.78 is 30.2. The van der Waals surface area contributed by atoms with Crippen molar-refractivity contribution in [3.8, 4) is 5.75 Å². The summed E-state index contributed by atoms with van der Waals surface area (Å²) in [7, 11) is -3.91. The normalized spacial score (nSPS) is 15.0. The Morgan fingerprint density at radius 1 is 1.04 bits per heavy atom. The highest BCUT2D eigenvalue weighted by Gasteiger charge is 2.22. The molecule has 1 amide bonds. The molecule has 1 saturated heterocycles. The van der Waals surface area contributed by atoms with Gasteiger partial charge in [-0.3, -0.25) is 4.79 Å². The minimum absolute atomic E-state index is 0.0683. The van der Waals surface area contributed by atoms with Crippen LogP contribution in [-0.2, 0) is 14.9 Å². The number of hydrogen-bond donors (Lipinski definition) is 0. The van der Waals surface area contributed by atoms with E-state index in [1.807, 2.05) is 0 Å². The number of amides is 1. The zero-order valence-electron chi connectivity index (χ0n) is 12.1. The molecule has 7 heteroatoms. The smallest absolute Gasteiger partial charge is 0.340 e. The standard InChI is InChI=1S/C16H14BrNO4S/c17-14-4-1-2-5-15(14)23(20,21)22-13-9-7-12(8-10-13)18-11-3-6-16(18)19/h1-2,4-5,7-10H,3,6,11H2. The highest BCUT2D eigenvalue weighted by atomic mass is 79.9. The Hall–Kier alpha value is -1.86. The van der Waals surface area contributed by atoms with Crippen molar-refractivity contribution in [2.24, 2.45) is 0 Å². The fourth-order valence-electron chi connectivity index (χ4n) is 2.42. The Morgan fingerprint density at radius 3 is 2.35 bits per heavy atom. The van der Waals surface area contributed by atoms with Gasteiger partial charge in [0.15, 0.2) is 0 Å². The Morgan fingerprint density at radius 2 is 1.74 bits per heavy atom. The van der Waals surface area contributed by atoms with Crippen LogP contribution in [0.1, 0.15) is 12.8 Å². The number of nitrogens with zero attached hydrogens (tertiary/aromatic N) is 1. The van der Waals surface area contributed by atoms with E-state index >= 15 is 0 Å². The van der Waals surface area contributed by atoms with Gasteiger partial charge in [0.1, 0.15) is 10.6 Å². The number of rotatable bonds is 4. The van der Waals surface area contributed by atoms with Gasteiger partial charge in [0.05, 0.1) is 0 Å². The molecule has 23 heavy (non-hydrogen) atoms. The molecular formula is C16H14BrNO4S. The number of anilines is 1. The van der Waals surface area contributed by atoms with Crippen molar-refractivity contribution in [2.45, 2.75) is 17.7 Å². The van der Waals surface area contributed by atoms with Gasteiger partial charge in [-0.25, -0.2) is 0 Å². The molecule has 2 aromatic carbocycles. The predicted octanol–water partition coefficient (Wildman–Crippen LogP) is 3.34. The van der Waals surface area contributed by atoms with Crippen LogP contribution in [0.15, 0.2) is 57.9 Å². The lowest BCUT2D eigenvalue weighted by molar-refractivity contribution is -0.117. The molecule has 0 spiro atoms. The van der Waals surface area contributed by atoms with E-state index in [9.17, 15) is 13.2 Å². The van der Waals surface area contributed by atoms with Crippen LogP contribution in [0.2, 0.25) is 0 Å². The monoisotopic (exact) mass is 395 g/mol. The Labute approximate surface area is 143 Å². The summed E-state index contributed by atoms with van der Waals surface area (Å²) in [6.45, 7) is 0.689. The summed E-state index contributed by atoms with van der Waals surface area (Å²) in [4.78, 5) is 13.5. The Bertz CT molecular complexity index is 833. The largest absolute Gasteiger partial charge is 0.379 e. The first-order valence-corrected chi connectivity index (χ1v) is 9.27. The van der Waals surface area contributed by atoms with Crippen molar-refractivity contribution in [3.05, 3.63) is 53.0 Å². The summed E-state index contributed by atoms with van der Waals surface area (Å²) in [5, 5.41) is 0. The van der Waals surface area contributed by atoms with Crippen LogP contribution in [0, 0.1) is 0 Å². The maximum atomic E-state index is 12.3. The minimum Gasteiger partial charge on any atom is -0.379 e. The van der Waals surface area contributed by atoms with E-state index in [-0.39, 0.29) is 16.6 Å². The third-order valence-corrected chi connectivity index (χ3v) is 5.79. The van der Waals surface area contributed by atoms with Gasteiger partial charge < -0.3 is 9.08 Å². The van der Waals surface area contributed by atoms with Crippen LogP contribution in [0.25, 0.3) is 0 Å². The first-order valence-electron chi connectivity index (χ1n) is 7.07. The summed E-state index contributed by atoms with van der Waals surface area (Å²) in [5.74, 6) is 0.288. The molecule has 1 fully saturated rings. The topological polar surface area (TPSA) is 63.7 Å². The van der Waals surface area contributed by atoms with Crippen LogP contribution < -0.4 is 9.08 Å². The number of benzene rings is 2. The van der Waals surface area contributed by atoms with Crippen molar-refractivity contribution in [1.29, 1.82) is 0 Å². The van der Waals surface area contributed by atoms with Gasteiger partial charge in [0.25, 0.3) is 0 Å². The zero-order chi connectivity index (χ0) is 16.4. The third-order valence-electron chi connectivity index (χ3n) is 3.53. The van der Waals surface area contributed by atoms with Gasteiger partial charge >= 0.3 is 10.1 Å². The fraction of sp³-hybridized carbons (Fsp3) is 0.188. The van der Waals surface area contributed by atoms with E-state index in [2.05, 4.69) is 15.9 Å². The summed E-state index contributed by atoms with van der Waals surface area (Å²) in [5.41, 5.74) is 0.748. The lowest BCUT2D eigenvalue weighted by Gasteiger charge is -2.16. The molecular weight excluding hydrogens is 382 g/mol. The highest BCUT2D eigenvalue weighted by molar-refractivity contribution is 9.10. The first kappa shape index (κ1) is 16.0. The van der Waals surface area contributed by atoms with Crippen LogP contribution in [0.3, 0.4) is 0 Å². The van der Waals surface area contributed by atoms with Crippen LogP contribution in [-0.4, -0.2) is 20.9 Å². The maximum Gasteiger partial charge on any atom is 0.340 e. The molecule has 1 aliphatic rings. The molecule has 120 valence electrons. The summed E-state index contributed by atoms with van der Waals surface area (Å²) in [6.07, 6.45) is 1.39. The van der Waals surface area contributed by atoms with Crippen molar-refractivity contribution in [3.63, 3.8) is 0 Å². The van der Waals surface area contributed by atoms with Crippen LogP contribution >= 0.6 is 15.9 Å². The molecule has 0 N–H and O–H groups in total. The molecule has 0 bridgehead atoms. The molecule has 0 aromatic heterocycles. The molecule has 0 radical (unpaired) electrons. The number of hydrogen-bond acceptors (Lipinski definition) is 4. The second kappa shape index (κ2) is 6.33. The molecule has 0 aliphatic carbocycles. The van der Waals surface area contributed by atoms with E-state index in [0.717, 1.165) is 12.1 Å². The van der Waals surface area contributed by atoms with Gasteiger partial charge in [-0.05, 0) is 58.7 Å². The van der Waals surface area contributed by atoms with E-state index in [1.54, 1.807) is 47.4 Å². The molecule has 2 aromatic rings. The van der Waals surface area contributed by atoms with Crippen molar-refractivity contribution in [2.75, 3.05) is 11.4 Å². The van der Waals surface area contributed by atoms with Gasteiger partial charge in [0.2, 0.25) is 5.91 Å². The average Bonchev–Trinajstić information content (AvgIpc) is 2.94.